The van der Waals surface area contributed by atoms with Gasteiger partial charge in [0, 0.05) is 11.9 Å². The molecule has 6 heteroatoms. The van der Waals surface area contributed by atoms with Crippen LogP contribution in [0.3, 0.4) is 0 Å². The number of amides is 1. The summed E-state index contributed by atoms with van der Waals surface area (Å²) in [6, 6.07) is 5.92. The molecule has 0 bridgehead atoms. The number of aromatic nitrogens is 1. The maximum absolute atomic E-state index is 12.7. The zero-order chi connectivity index (χ0) is 14.5. The second-order valence-electron chi connectivity index (χ2n) is 4.55. The minimum absolute atomic E-state index is 0.115. The number of nitrogens with two attached hydrogens (primary N) is 1. The van der Waals surface area contributed by atoms with Crippen molar-refractivity contribution in [2.75, 3.05) is 0 Å². The summed E-state index contributed by atoms with van der Waals surface area (Å²) in [4.78, 5) is 16.1. The van der Waals surface area contributed by atoms with Crippen molar-refractivity contribution < 1.29 is 9.18 Å². The van der Waals surface area contributed by atoms with E-state index >= 15 is 0 Å². The van der Waals surface area contributed by atoms with Crippen LogP contribution >= 0.6 is 11.3 Å². The summed E-state index contributed by atoms with van der Waals surface area (Å²) in [5.41, 5.74) is 7.30. The summed E-state index contributed by atoms with van der Waals surface area (Å²) in [7, 11) is 0. The second kappa shape index (κ2) is 6.58. The fourth-order valence-corrected chi connectivity index (χ4v) is 2.42. The average Bonchev–Trinajstić information content (AvgIpc) is 2.87. The van der Waals surface area contributed by atoms with E-state index in [4.69, 9.17) is 5.73 Å². The maximum atomic E-state index is 12.7. The molecule has 2 aromatic rings. The summed E-state index contributed by atoms with van der Waals surface area (Å²) < 4.78 is 12.7. The van der Waals surface area contributed by atoms with Crippen molar-refractivity contribution in [3.63, 3.8) is 0 Å². The monoisotopic (exact) mass is 293 g/mol. The number of rotatable bonds is 5. The van der Waals surface area contributed by atoms with Crippen LogP contribution in [0.5, 0.6) is 0 Å². The SMILES string of the molecule is CC(N)c1nc(CC(=O)NCc2ccc(F)cc2)cs1. The van der Waals surface area contributed by atoms with Crippen LogP contribution in [0.15, 0.2) is 29.6 Å². The average molecular weight is 293 g/mol. The summed E-state index contributed by atoms with van der Waals surface area (Å²) in [6.07, 6.45) is 0.227. The second-order valence-corrected chi connectivity index (χ2v) is 5.44. The minimum atomic E-state index is -0.286. The van der Waals surface area contributed by atoms with Crippen LogP contribution in [0.4, 0.5) is 4.39 Å². The van der Waals surface area contributed by atoms with Crippen LogP contribution in [0, 0.1) is 5.82 Å². The number of benzene rings is 1. The van der Waals surface area contributed by atoms with E-state index in [-0.39, 0.29) is 24.2 Å². The summed E-state index contributed by atoms with van der Waals surface area (Å²) >= 11 is 1.46. The van der Waals surface area contributed by atoms with Crippen molar-refractivity contribution in [3.8, 4) is 0 Å². The van der Waals surface area contributed by atoms with Crippen LogP contribution in [0.2, 0.25) is 0 Å². The molecular weight excluding hydrogens is 277 g/mol. The molecule has 0 fully saturated rings. The fourth-order valence-electron chi connectivity index (χ4n) is 1.64. The molecule has 0 radical (unpaired) electrons. The number of carbonyl (C=O) groups is 1. The van der Waals surface area contributed by atoms with Gasteiger partial charge in [0.1, 0.15) is 10.8 Å². The fraction of sp³-hybridized carbons (Fsp3) is 0.286. The van der Waals surface area contributed by atoms with Crippen molar-refractivity contribution in [2.24, 2.45) is 5.73 Å². The normalized spacial score (nSPS) is 12.2. The molecule has 0 saturated carbocycles. The minimum Gasteiger partial charge on any atom is -0.352 e. The molecule has 1 unspecified atom stereocenters. The number of carbonyl (C=O) groups excluding carboxylic acids is 1. The highest BCUT2D eigenvalue weighted by atomic mass is 32.1. The lowest BCUT2D eigenvalue weighted by atomic mass is 10.2. The van der Waals surface area contributed by atoms with E-state index in [1.807, 2.05) is 12.3 Å². The molecule has 1 heterocycles. The first-order valence-electron chi connectivity index (χ1n) is 6.25. The van der Waals surface area contributed by atoms with Gasteiger partial charge in [0.15, 0.2) is 0 Å². The highest BCUT2D eigenvalue weighted by Crippen LogP contribution is 2.16. The lowest BCUT2D eigenvalue weighted by Gasteiger charge is -2.04. The Kier molecular flexibility index (Phi) is 4.81. The number of hydrogen-bond donors (Lipinski definition) is 2. The van der Waals surface area contributed by atoms with Crippen molar-refractivity contribution in [1.82, 2.24) is 10.3 Å². The van der Waals surface area contributed by atoms with Crippen molar-refractivity contribution in [1.29, 1.82) is 0 Å². The van der Waals surface area contributed by atoms with Crippen LogP contribution in [-0.2, 0) is 17.8 Å². The lowest BCUT2D eigenvalue weighted by Crippen LogP contribution is -2.24. The van der Waals surface area contributed by atoms with Gasteiger partial charge in [-0.2, -0.15) is 0 Å². The third-order valence-corrected chi connectivity index (χ3v) is 3.80. The van der Waals surface area contributed by atoms with Crippen LogP contribution in [0.1, 0.15) is 29.2 Å². The Balaban J connectivity index is 1.84. The molecule has 3 N–H and O–H groups in total. The van der Waals surface area contributed by atoms with Gasteiger partial charge in [-0.3, -0.25) is 4.79 Å². The van der Waals surface area contributed by atoms with Gasteiger partial charge in [-0.15, -0.1) is 11.3 Å². The molecule has 1 aromatic heterocycles. The molecule has 1 amide bonds. The first-order chi connectivity index (χ1) is 9.54. The molecule has 0 spiro atoms. The molecular formula is C14H16FN3OS. The van der Waals surface area contributed by atoms with E-state index in [0.717, 1.165) is 16.3 Å². The van der Waals surface area contributed by atoms with E-state index in [1.165, 1.54) is 23.5 Å². The van der Waals surface area contributed by atoms with Crippen molar-refractivity contribution >= 4 is 17.2 Å². The van der Waals surface area contributed by atoms with Gasteiger partial charge in [-0.05, 0) is 24.6 Å². The molecule has 106 valence electrons. The highest BCUT2D eigenvalue weighted by molar-refractivity contribution is 7.09. The number of hydrogen-bond acceptors (Lipinski definition) is 4. The zero-order valence-electron chi connectivity index (χ0n) is 11.1. The predicted octanol–water partition coefficient (Wildman–Crippen LogP) is 2.16. The van der Waals surface area contributed by atoms with Gasteiger partial charge in [-0.1, -0.05) is 12.1 Å². The molecule has 4 nitrogen and oxygen atoms in total. The third kappa shape index (κ3) is 4.11. The number of nitrogens with zero attached hydrogens (tertiary/aromatic N) is 1. The van der Waals surface area contributed by atoms with E-state index in [9.17, 15) is 9.18 Å². The number of thiazole rings is 1. The van der Waals surface area contributed by atoms with Gasteiger partial charge >= 0.3 is 0 Å². The van der Waals surface area contributed by atoms with E-state index in [2.05, 4.69) is 10.3 Å². The standard InChI is InChI=1S/C14H16FN3OS/c1-9(16)14-18-12(8-20-14)6-13(19)17-7-10-2-4-11(15)5-3-10/h2-5,8-9H,6-7,16H2,1H3,(H,17,19). The number of halogens is 1. The largest absolute Gasteiger partial charge is 0.352 e. The summed E-state index contributed by atoms with van der Waals surface area (Å²) in [5, 5.41) is 5.45. The molecule has 20 heavy (non-hydrogen) atoms. The van der Waals surface area contributed by atoms with Gasteiger partial charge in [0.25, 0.3) is 0 Å². The van der Waals surface area contributed by atoms with Crippen molar-refractivity contribution in [2.45, 2.75) is 25.9 Å². The molecule has 0 aliphatic carbocycles. The molecule has 1 aromatic carbocycles. The quantitative estimate of drug-likeness (QED) is 0.887. The first-order valence-corrected chi connectivity index (χ1v) is 7.13. The van der Waals surface area contributed by atoms with E-state index in [1.54, 1.807) is 12.1 Å². The Bertz CT molecular complexity index is 580. The van der Waals surface area contributed by atoms with Crippen molar-refractivity contribution in [3.05, 3.63) is 51.7 Å². The Labute approximate surface area is 120 Å². The lowest BCUT2D eigenvalue weighted by molar-refractivity contribution is -0.120. The van der Waals surface area contributed by atoms with Crippen LogP contribution in [0.25, 0.3) is 0 Å². The Morgan fingerprint density at radius 1 is 1.45 bits per heavy atom. The molecule has 0 saturated heterocycles. The van der Waals surface area contributed by atoms with Gasteiger partial charge in [0.05, 0.1) is 18.2 Å². The van der Waals surface area contributed by atoms with Crippen LogP contribution in [-0.4, -0.2) is 10.9 Å². The topological polar surface area (TPSA) is 68.0 Å². The Morgan fingerprint density at radius 3 is 2.75 bits per heavy atom. The number of nitrogens with one attached hydrogen (secondary N) is 1. The third-order valence-electron chi connectivity index (χ3n) is 2.70. The maximum Gasteiger partial charge on any atom is 0.226 e. The highest BCUT2D eigenvalue weighted by Gasteiger charge is 2.09. The molecule has 0 aliphatic rings. The summed E-state index contributed by atoms with van der Waals surface area (Å²) in [6.45, 7) is 2.24. The molecule has 1 atom stereocenters. The molecule has 2 rings (SSSR count). The van der Waals surface area contributed by atoms with E-state index < -0.39 is 0 Å². The zero-order valence-corrected chi connectivity index (χ0v) is 11.9. The van der Waals surface area contributed by atoms with E-state index in [0.29, 0.717) is 6.54 Å². The van der Waals surface area contributed by atoms with Gasteiger partial charge in [0.2, 0.25) is 5.91 Å². The Morgan fingerprint density at radius 2 is 2.15 bits per heavy atom. The summed E-state index contributed by atoms with van der Waals surface area (Å²) in [5.74, 6) is -0.401. The molecule has 0 aliphatic heterocycles. The van der Waals surface area contributed by atoms with Crippen LogP contribution < -0.4 is 11.1 Å². The predicted molar refractivity (Wildman–Crippen MR) is 76.7 cm³/mol. The van der Waals surface area contributed by atoms with Gasteiger partial charge < -0.3 is 11.1 Å². The first kappa shape index (κ1) is 14.6. The smallest absolute Gasteiger partial charge is 0.226 e. The Hall–Kier alpha value is -1.79. The van der Waals surface area contributed by atoms with Gasteiger partial charge in [-0.25, -0.2) is 9.37 Å².